The molecule has 22 heavy (non-hydrogen) atoms. The van der Waals surface area contributed by atoms with Gasteiger partial charge in [0.1, 0.15) is 11.7 Å². The van der Waals surface area contributed by atoms with Crippen LogP contribution >= 0.6 is 0 Å². The van der Waals surface area contributed by atoms with Crippen molar-refractivity contribution in [3.05, 3.63) is 35.8 Å². The van der Waals surface area contributed by atoms with Crippen LogP contribution in [0.2, 0.25) is 0 Å². The maximum absolute atomic E-state index is 9.79. The standard InChI is InChI=1S/C17H23N5/c1-13-17(22-9-5-4-6-16(22)19-13)15(12-18)21(3)14-7-10-20(2)11-8-14/h4-6,9,14-15H,7-8,10-11H2,1-3H3. The zero-order valence-electron chi connectivity index (χ0n) is 13.5. The smallest absolute Gasteiger partial charge is 0.141 e. The van der Waals surface area contributed by atoms with Crippen LogP contribution in [0.25, 0.3) is 5.65 Å². The first-order valence-corrected chi connectivity index (χ1v) is 7.85. The van der Waals surface area contributed by atoms with Gasteiger partial charge >= 0.3 is 0 Å². The lowest BCUT2D eigenvalue weighted by Gasteiger charge is -2.37. The van der Waals surface area contributed by atoms with E-state index in [9.17, 15) is 5.26 Å². The van der Waals surface area contributed by atoms with Crippen LogP contribution in [0, 0.1) is 18.3 Å². The average Bonchev–Trinajstić information content (AvgIpc) is 2.85. The third-order valence-electron chi connectivity index (χ3n) is 4.80. The molecule has 0 N–H and O–H groups in total. The molecule has 1 fully saturated rings. The maximum Gasteiger partial charge on any atom is 0.141 e. The van der Waals surface area contributed by atoms with Gasteiger partial charge in [-0.05, 0) is 59.1 Å². The van der Waals surface area contributed by atoms with Crippen LogP contribution in [-0.2, 0) is 0 Å². The highest BCUT2D eigenvalue weighted by atomic mass is 15.2. The van der Waals surface area contributed by atoms with E-state index in [0.717, 1.165) is 43.0 Å². The van der Waals surface area contributed by atoms with E-state index >= 15 is 0 Å². The Balaban J connectivity index is 1.93. The van der Waals surface area contributed by atoms with E-state index in [1.54, 1.807) is 0 Å². The third-order valence-corrected chi connectivity index (χ3v) is 4.80. The lowest BCUT2D eigenvalue weighted by molar-refractivity contribution is 0.124. The molecule has 5 nitrogen and oxygen atoms in total. The molecule has 3 heterocycles. The topological polar surface area (TPSA) is 47.6 Å². The fourth-order valence-corrected chi connectivity index (χ4v) is 3.42. The summed E-state index contributed by atoms with van der Waals surface area (Å²) in [6.45, 7) is 4.19. The molecule has 1 atom stereocenters. The predicted molar refractivity (Wildman–Crippen MR) is 86.6 cm³/mol. The van der Waals surface area contributed by atoms with E-state index in [1.165, 1.54) is 0 Å². The van der Waals surface area contributed by atoms with Gasteiger partial charge in [0.05, 0.1) is 17.5 Å². The molecule has 116 valence electrons. The summed E-state index contributed by atoms with van der Waals surface area (Å²) in [6, 6.07) is 8.65. The second-order valence-corrected chi connectivity index (χ2v) is 6.24. The van der Waals surface area contributed by atoms with E-state index in [1.807, 2.05) is 31.3 Å². The number of nitriles is 1. The molecule has 2 aromatic heterocycles. The molecule has 1 unspecified atom stereocenters. The Labute approximate surface area is 131 Å². The van der Waals surface area contributed by atoms with E-state index in [0.29, 0.717) is 6.04 Å². The number of likely N-dealkylation sites (tertiary alicyclic amines) is 1. The van der Waals surface area contributed by atoms with Gasteiger partial charge in [-0.3, -0.25) is 4.90 Å². The number of fused-ring (bicyclic) bond motifs is 1. The molecule has 0 amide bonds. The molecule has 5 heteroatoms. The molecule has 1 aliphatic rings. The van der Waals surface area contributed by atoms with Crippen LogP contribution in [0.1, 0.15) is 30.3 Å². The first-order valence-electron chi connectivity index (χ1n) is 7.85. The minimum atomic E-state index is -0.259. The summed E-state index contributed by atoms with van der Waals surface area (Å²) in [5.41, 5.74) is 2.85. The van der Waals surface area contributed by atoms with Crippen molar-refractivity contribution in [1.29, 1.82) is 5.26 Å². The molecule has 1 aliphatic heterocycles. The van der Waals surface area contributed by atoms with Gasteiger partial charge in [0.15, 0.2) is 0 Å². The Kier molecular flexibility index (Phi) is 4.14. The Morgan fingerprint density at radius 3 is 2.77 bits per heavy atom. The summed E-state index contributed by atoms with van der Waals surface area (Å²) in [7, 11) is 4.23. The Hall–Kier alpha value is -1.90. The lowest BCUT2D eigenvalue weighted by Crippen LogP contribution is -2.43. The van der Waals surface area contributed by atoms with Crippen molar-refractivity contribution in [2.45, 2.75) is 31.8 Å². The molecule has 0 spiro atoms. The van der Waals surface area contributed by atoms with E-state index in [-0.39, 0.29) is 6.04 Å². The van der Waals surface area contributed by atoms with Gasteiger partial charge in [0.2, 0.25) is 0 Å². The van der Waals surface area contributed by atoms with E-state index in [2.05, 4.69) is 39.3 Å². The Morgan fingerprint density at radius 1 is 1.36 bits per heavy atom. The number of imidazole rings is 1. The SMILES string of the molecule is Cc1nc2ccccn2c1C(C#N)N(C)C1CCN(C)CC1. The van der Waals surface area contributed by atoms with Gasteiger partial charge in [-0.15, -0.1) is 0 Å². The van der Waals surface area contributed by atoms with Crippen molar-refractivity contribution in [1.82, 2.24) is 19.2 Å². The molecule has 3 rings (SSSR count). The number of piperidine rings is 1. The highest BCUT2D eigenvalue weighted by Gasteiger charge is 2.30. The zero-order chi connectivity index (χ0) is 15.7. The van der Waals surface area contributed by atoms with Gasteiger partial charge in [0.25, 0.3) is 0 Å². The second kappa shape index (κ2) is 6.07. The van der Waals surface area contributed by atoms with E-state index < -0.39 is 0 Å². The second-order valence-electron chi connectivity index (χ2n) is 6.24. The normalized spacial score (nSPS) is 18.7. The maximum atomic E-state index is 9.79. The average molecular weight is 297 g/mol. The molecule has 0 radical (unpaired) electrons. The third kappa shape index (κ3) is 2.60. The molecule has 0 aliphatic carbocycles. The molecular formula is C17H23N5. The van der Waals surface area contributed by atoms with Crippen molar-refractivity contribution in [3.63, 3.8) is 0 Å². The summed E-state index contributed by atoms with van der Waals surface area (Å²) in [5, 5.41) is 9.79. The van der Waals surface area contributed by atoms with Gasteiger partial charge in [0, 0.05) is 12.2 Å². The van der Waals surface area contributed by atoms with Gasteiger partial charge in [-0.1, -0.05) is 6.07 Å². The fourth-order valence-electron chi connectivity index (χ4n) is 3.42. The highest BCUT2D eigenvalue weighted by Crippen LogP contribution is 2.28. The van der Waals surface area contributed by atoms with Crippen molar-refractivity contribution in [3.8, 4) is 6.07 Å². The van der Waals surface area contributed by atoms with E-state index in [4.69, 9.17) is 0 Å². The van der Waals surface area contributed by atoms with Gasteiger partial charge in [-0.2, -0.15) is 5.26 Å². The van der Waals surface area contributed by atoms with Crippen molar-refractivity contribution < 1.29 is 0 Å². The number of aryl methyl sites for hydroxylation is 1. The quantitative estimate of drug-likeness (QED) is 0.871. The van der Waals surface area contributed by atoms with Crippen LogP contribution in [0.4, 0.5) is 0 Å². The minimum Gasteiger partial charge on any atom is -0.306 e. The summed E-state index contributed by atoms with van der Waals surface area (Å²) in [5.74, 6) is 0. The summed E-state index contributed by atoms with van der Waals surface area (Å²) in [6.07, 6.45) is 4.22. The monoisotopic (exact) mass is 297 g/mol. The summed E-state index contributed by atoms with van der Waals surface area (Å²) in [4.78, 5) is 9.18. The summed E-state index contributed by atoms with van der Waals surface area (Å²) < 4.78 is 2.05. The van der Waals surface area contributed by atoms with Crippen molar-refractivity contribution in [2.75, 3.05) is 27.2 Å². The summed E-state index contributed by atoms with van der Waals surface area (Å²) >= 11 is 0. The molecule has 1 saturated heterocycles. The fraction of sp³-hybridized carbons (Fsp3) is 0.529. The minimum absolute atomic E-state index is 0.259. The van der Waals surface area contributed by atoms with Crippen LogP contribution in [0.5, 0.6) is 0 Å². The van der Waals surface area contributed by atoms with Crippen LogP contribution in [0.3, 0.4) is 0 Å². The largest absolute Gasteiger partial charge is 0.306 e. The molecule has 0 aromatic carbocycles. The zero-order valence-corrected chi connectivity index (χ0v) is 13.5. The number of aromatic nitrogens is 2. The lowest BCUT2D eigenvalue weighted by atomic mass is 10.0. The number of nitrogens with zero attached hydrogens (tertiary/aromatic N) is 5. The number of hydrogen-bond acceptors (Lipinski definition) is 4. The Morgan fingerprint density at radius 2 is 2.09 bits per heavy atom. The van der Waals surface area contributed by atoms with Crippen molar-refractivity contribution >= 4 is 5.65 Å². The molecule has 2 aromatic rings. The molecule has 0 bridgehead atoms. The van der Waals surface area contributed by atoms with Crippen LogP contribution < -0.4 is 0 Å². The highest BCUT2D eigenvalue weighted by molar-refractivity contribution is 5.44. The van der Waals surface area contributed by atoms with Crippen molar-refractivity contribution in [2.24, 2.45) is 0 Å². The van der Waals surface area contributed by atoms with Crippen LogP contribution in [-0.4, -0.2) is 52.4 Å². The van der Waals surface area contributed by atoms with Crippen LogP contribution in [0.15, 0.2) is 24.4 Å². The first-order chi connectivity index (χ1) is 10.6. The molecular weight excluding hydrogens is 274 g/mol. The number of rotatable bonds is 3. The first kappa shape index (κ1) is 15.0. The number of hydrogen-bond donors (Lipinski definition) is 0. The number of pyridine rings is 1. The van der Waals surface area contributed by atoms with Gasteiger partial charge in [-0.25, -0.2) is 4.98 Å². The predicted octanol–water partition coefficient (Wildman–Crippen LogP) is 2.23. The Bertz CT molecular complexity index is 691. The molecule has 0 saturated carbocycles. The van der Waals surface area contributed by atoms with Gasteiger partial charge < -0.3 is 9.30 Å².